The van der Waals surface area contributed by atoms with Crippen LogP contribution < -0.4 is 0 Å². The number of nitrogens with zero attached hydrogens (tertiary/aromatic N) is 1. The molecule has 0 N–H and O–H groups in total. The monoisotopic (exact) mass is 237 g/mol. The topological polar surface area (TPSA) is 12.9 Å². The molecule has 1 rings (SSSR count). The van der Waals surface area contributed by atoms with Gasteiger partial charge in [-0.25, -0.2) is 4.98 Å². The summed E-state index contributed by atoms with van der Waals surface area (Å²) in [7, 11) is 0. The molecule has 0 unspecified atom stereocenters. The third kappa shape index (κ3) is 2.14. The van der Waals surface area contributed by atoms with Gasteiger partial charge in [-0.15, -0.1) is 0 Å². The van der Waals surface area contributed by atoms with Crippen molar-refractivity contribution < 1.29 is 4.39 Å². The van der Waals surface area contributed by atoms with E-state index in [1.165, 1.54) is 6.20 Å². The fourth-order valence-electron chi connectivity index (χ4n) is 0.762. The van der Waals surface area contributed by atoms with E-state index in [0.29, 0.717) is 22.3 Å². The van der Waals surface area contributed by atoms with E-state index in [2.05, 4.69) is 20.9 Å². The van der Waals surface area contributed by atoms with Crippen molar-refractivity contribution in [3.8, 4) is 0 Å². The molecular weight excluding hydrogens is 232 g/mol. The summed E-state index contributed by atoms with van der Waals surface area (Å²) in [6.07, 6.45) is 1.92. The second-order valence-corrected chi connectivity index (χ2v) is 3.20. The maximum Gasteiger partial charge on any atom is 0.217 e. The molecule has 1 aromatic rings. The van der Waals surface area contributed by atoms with Crippen LogP contribution in [-0.4, -0.2) is 10.3 Å². The van der Waals surface area contributed by atoms with Crippen LogP contribution in [0.5, 0.6) is 0 Å². The lowest BCUT2D eigenvalue weighted by Crippen LogP contribution is -1.95. The van der Waals surface area contributed by atoms with E-state index in [1.54, 1.807) is 6.07 Å². The van der Waals surface area contributed by atoms with Gasteiger partial charge >= 0.3 is 0 Å². The number of halogens is 3. The zero-order valence-electron chi connectivity index (χ0n) is 5.65. The molecule has 4 heteroatoms. The summed E-state index contributed by atoms with van der Waals surface area (Å²) in [5, 5.41) is 1.13. The zero-order chi connectivity index (χ0) is 8.27. The summed E-state index contributed by atoms with van der Waals surface area (Å²) in [5.74, 6) is -0.475. The Labute approximate surface area is 77.7 Å². The molecule has 0 aliphatic rings. The lowest BCUT2D eigenvalue weighted by Gasteiger charge is -2.00. The zero-order valence-corrected chi connectivity index (χ0v) is 7.99. The molecule has 0 aliphatic carbocycles. The fraction of sp³-hybridized carbons (Fsp3) is 0.286. The summed E-state index contributed by atoms with van der Waals surface area (Å²) in [6.45, 7) is 0. The molecule has 0 amide bonds. The van der Waals surface area contributed by atoms with Crippen LogP contribution in [0.1, 0.15) is 5.56 Å². The minimum atomic E-state index is -0.475. The summed E-state index contributed by atoms with van der Waals surface area (Å²) in [5.41, 5.74) is 0.478. The van der Waals surface area contributed by atoms with Crippen molar-refractivity contribution >= 4 is 27.5 Å². The highest BCUT2D eigenvalue weighted by molar-refractivity contribution is 9.09. The van der Waals surface area contributed by atoms with Crippen molar-refractivity contribution in [3.63, 3.8) is 0 Å². The SMILES string of the molecule is Fc1nccc(Cl)c1CCBr. The molecule has 0 aliphatic heterocycles. The van der Waals surface area contributed by atoms with Crippen molar-refractivity contribution in [1.82, 2.24) is 4.98 Å². The molecule has 0 aromatic carbocycles. The van der Waals surface area contributed by atoms with Gasteiger partial charge in [0, 0.05) is 22.1 Å². The Bertz CT molecular complexity index is 234. The van der Waals surface area contributed by atoms with Crippen LogP contribution >= 0.6 is 27.5 Å². The molecule has 0 saturated heterocycles. The number of aromatic nitrogens is 1. The molecule has 1 aromatic heterocycles. The third-order valence-corrected chi connectivity index (χ3v) is 2.04. The van der Waals surface area contributed by atoms with Gasteiger partial charge in [0.15, 0.2) is 0 Å². The maximum absolute atomic E-state index is 12.8. The molecule has 0 bridgehead atoms. The van der Waals surface area contributed by atoms with Gasteiger partial charge in [-0.3, -0.25) is 0 Å². The number of hydrogen-bond acceptors (Lipinski definition) is 1. The summed E-state index contributed by atoms with van der Waals surface area (Å²) < 4.78 is 12.8. The average Bonchev–Trinajstić information content (AvgIpc) is 1.97. The average molecular weight is 238 g/mol. The molecule has 0 saturated carbocycles. The Morgan fingerprint density at radius 3 is 2.91 bits per heavy atom. The number of alkyl halides is 1. The van der Waals surface area contributed by atoms with Crippen molar-refractivity contribution in [2.45, 2.75) is 6.42 Å². The summed E-state index contributed by atoms with van der Waals surface area (Å²) in [6, 6.07) is 1.59. The number of hydrogen-bond donors (Lipinski definition) is 0. The largest absolute Gasteiger partial charge is 0.228 e. The molecule has 0 atom stereocenters. The first-order chi connectivity index (χ1) is 5.25. The summed E-state index contributed by atoms with van der Waals surface area (Å²) in [4.78, 5) is 3.49. The van der Waals surface area contributed by atoms with Gasteiger partial charge in [0.2, 0.25) is 5.95 Å². The third-order valence-electron chi connectivity index (χ3n) is 1.29. The molecular formula is C7H6BrClFN. The van der Waals surface area contributed by atoms with Crippen LogP contribution in [-0.2, 0) is 6.42 Å². The minimum Gasteiger partial charge on any atom is -0.228 e. The van der Waals surface area contributed by atoms with Crippen molar-refractivity contribution in [1.29, 1.82) is 0 Å². The van der Waals surface area contributed by atoms with E-state index < -0.39 is 5.95 Å². The predicted molar refractivity (Wildman–Crippen MR) is 46.7 cm³/mol. The lowest BCUT2D eigenvalue weighted by atomic mass is 10.2. The van der Waals surface area contributed by atoms with Crippen LogP contribution in [0.4, 0.5) is 4.39 Å². The van der Waals surface area contributed by atoms with Crippen LogP contribution in [0.25, 0.3) is 0 Å². The van der Waals surface area contributed by atoms with Gasteiger partial charge in [0.25, 0.3) is 0 Å². The Balaban J connectivity index is 3.00. The van der Waals surface area contributed by atoms with E-state index in [-0.39, 0.29) is 0 Å². The van der Waals surface area contributed by atoms with E-state index in [9.17, 15) is 4.39 Å². The Hall–Kier alpha value is -0.150. The van der Waals surface area contributed by atoms with Crippen LogP contribution in [0.2, 0.25) is 5.02 Å². The van der Waals surface area contributed by atoms with E-state index in [1.807, 2.05) is 0 Å². The molecule has 11 heavy (non-hydrogen) atoms. The Morgan fingerprint density at radius 2 is 2.36 bits per heavy atom. The smallest absolute Gasteiger partial charge is 0.217 e. The molecule has 0 radical (unpaired) electrons. The molecule has 1 nitrogen and oxygen atoms in total. The van der Waals surface area contributed by atoms with E-state index >= 15 is 0 Å². The Morgan fingerprint density at radius 1 is 1.64 bits per heavy atom. The first-order valence-corrected chi connectivity index (χ1v) is 4.60. The molecule has 60 valence electrons. The molecule has 0 fully saturated rings. The normalized spacial score (nSPS) is 10.1. The highest BCUT2D eigenvalue weighted by Gasteiger charge is 2.05. The van der Waals surface area contributed by atoms with Gasteiger partial charge < -0.3 is 0 Å². The lowest BCUT2D eigenvalue weighted by molar-refractivity contribution is 0.569. The second-order valence-electron chi connectivity index (χ2n) is 2.00. The number of pyridine rings is 1. The van der Waals surface area contributed by atoms with Gasteiger partial charge in [0.1, 0.15) is 0 Å². The highest BCUT2D eigenvalue weighted by atomic mass is 79.9. The predicted octanol–water partition coefficient (Wildman–Crippen LogP) is 2.81. The van der Waals surface area contributed by atoms with Crippen LogP contribution in [0.15, 0.2) is 12.3 Å². The van der Waals surface area contributed by atoms with Crippen molar-refractivity contribution in [2.75, 3.05) is 5.33 Å². The maximum atomic E-state index is 12.8. The molecule has 1 heterocycles. The van der Waals surface area contributed by atoms with E-state index in [0.717, 1.165) is 0 Å². The van der Waals surface area contributed by atoms with Gasteiger partial charge in [0.05, 0.1) is 0 Å². The number of rotatable bonds is 2. The molecule has 0 spiro atoms. The van der Waals surface area contributed by atoms with Gasteiger partial charge in [-0.1, -0.05) is 27.5 Å². The van der Waals surface area contributed by atoms with Gasteiger partial charge in [-0.2, -0.15) is 4.39 Å². The van der Waals surface area contributed by atoms with Crippen LogP contribution in [0.3, 0.4) is 0 Å². The minimum absolute atomic E-state index is 0.442. The van der Waals surface area contributed by atoms with Crippen LogP contribution in [0, 0.1) is 5.95 Å². The van der Waals surface area contributed by atoms with Crippen molar-refractivity contribution in [3.05, 3.63) is 28.8 Å². The highest BCUT2D eigenvalue weighted by Crippen LogP contribution is 2.17. The second kappa shape index (κ2) is 4.02. The van der Waals surface area contributed by atoms with Gasteiger partial charge in [-0.05, 0) is 12.5 Å². The van der Waals surface area contributed by atoms with Crippen molar-refractivity contribution in [2.24, 2.45) is 0 Å². The first kappa shape index (κ1) is 8.94. The van der Waals surface area contributed by atoms with E-state index in [4.69, 9.17) is 11.6 Å². The Kier molecular flexibility index (Phi) is 3.27. The summed E-state index contributed by atoms with van der Waals surface area (Å²) >= 11 is 8.91. The standard InChI is InChI=1S/C7H6BrClFN/c8-3-1-5-6(9)2-4-11-7(5)10/h2,4H,1,3H2. The quantitative estimate of drug-likeness (QED) is 0.570. The fourth-order valence-corrected chi connectivity index (χ4v) is 1.39. The first-order valence-electron chi connectivity index (χ1n) is 3.10.